The molecule has 0 saturated heterocycles. The largest absolute Gasteiger partial charge is 0.481 e. The first-order valence-corrected chi connectivity index (χ1v) is 10.0. The fourth-order valence-electron chi connectivity index (χ4n) is 3.45. The van der Waals surface area contributed by atoms with Crippen LogP contribution in [0.4, 0.5) is 0 Å². The van der Waals surface area contributed by atoms with Crippen molar-refractivity contribution in [3.8, 4) is 0 Å². The highest BCUT2D eigenvalue weighted by molar-refractivity contribution is 5.90. The van der Waals surface area contributed by atoms with E-state index in [2.05, 4.69) is 12.1 Å². The minimum atomic E-state index is -0.780. The lowest BCUT2D eigenvalue weighted by Crippen LogP contribution is -2.19. The molecule has 1 rings (SSSR count). The molecule has 1 fully saturated rings. The van der Waals surface area contributed by atoms with Gasteiger partial charge in [0.1, 0.15) is 7.11 Å². The van der Waals surface area contributed by atoms with E-state index in [1.165, 1.54) is 7.11 Å². The first-order valence-electron chi connectivity index (χ1n) is 10.0. The molecule has 0 aromatic heterocycles. The molecular formula is C21H35NO5. The maximum Gasteiger partial charge on any atom is 0.303 e. The summed E-state index contributed by atoms with van der Waals surface area (Å²) in [4.78, 5) is 15.5. The zero-order valence-electron chi connectivity index (χ0n) is 16.6. The van der Waals surface area contributed by atoms with Gasteiger partial charge in [0.25, 0.3) is 0 Å². The topological polar surface area (TPSA) is 99.4 Å². The van der Waals surface area contributed by atoms with Crippen molar-refractivity contribution in [1.82, 2.24) is 0 Å². The SMILES string of the molecule is CCCCC[C@H](O)/C=C/[C@H]1/C(=N\OC)C[C@H](O)[C@@H]1C/C=C\CCCC(=O)O. The second-order valence-corrected chi connectivity index (χ2v) is 7.17. The van der Waals surface area contributed by atoms with Crippen LogP contribution in [0, 0.1) is 11.8 Å². The highest BCUT2D eigenvalue weighted by atomic mass is 16.6. The minimum Gasteiger partial charge on any atom is -0.481 e. The van der Waals surface area contributed by atoms with E-state index in [-0.39, 0.29) is 18.3 Å². The van der Waals surface area contributed by atoms with Crippen molar-refractivity contribution in [2.45, 2.75) is 76.9 Å². The zero-order valence-corrected chi connectivity index (χ0v) is 16.6. The molecular weight excluding hydrogens is 346 g/mol. The average molecular weight is 382 g/mol. The Bertz CT molecular complexity index is 515. The molecule has 0 amide bonds. The molecule has 0 spiro atoms. The van der Waals surface area contributed by atoms with Gasteiger partial charge in [-0.05, 0) is 25.7 Å². The molecule has 6 nitrogen and oxygen atoms in total. The van der Waals surface area contributed by atoms with E-state index >= 15 is 0 Å². The Labute approximate surface area is 162 Å². The number of unbranched alkanes of at least 4 members (excludes halogenated alkanes) is 3. The lowest BCUT2D eigenvalue weighted by atomic mass is 9.89. The minimum absolute atomic E-state index is 0.0197. The lowest BCUT2D eigenvalue weighted by Gasteiger charge is -2.18. The van der Waals surface area contributed by atoms with Crippen LogP contribution in [0.3, 0.4) is 0 Å². The van der Waals surface area contributed by atoms with Crippen LogP contribution in [-0.2, 0) is 9.63 Å². The Morgan fingerprint density at radius 3 is 2.78 bits per heavy atom. The number of allylic oxidation sites excluding steroid dienone is 3. The fraction of sp³-hybridized carbons (Fsp3) is 0.714. The molecule has 1 saturated carbocycles. The van der Waals surface area contributed by atoms with Crippen molar-refractivity contribution < 1.29 is 25.0 Å². The van der Waals surface area contributed by atoms with Gasteiger partial charge in [-0.15, -0.1) is 0 Å². The molecule has 27 heavy (non-hydrogen) atoms. The van der Waals surface area contributed by atoms with Crippen LogP contribution in [0.5, 0.6) is 0 Å². The number of aliphatic carboxylic acids is 1. The summed E-state index contributed by atoms with van der Waals surface area (Å²) in [7, 11) is 1.50. The quantitative estimate of drug-likeness (QED) is 0.257. The molecule has 0 aliphatic heterocycles. The molecule has 4 atom stereocenters. The predicted octanol–water partition coefficient (Wildman–Crippen LogP) is 3.68. The molecule has 0 radical (unpaired) electrons. The number of carbonyl (C=O) groups is 1. The third-order valence-electron chi connectivity index (χ3n) is 4.95. The smallest absolute Gasteiger partial charge is 0.303 e. The van der Waals surface area contributed by atoms with Gasteiger partial charge in [-0.3, -0.25) is 4.79 Å². The van der Waals surface area contributed by atoms with Crippen LogP contribution in [0.1, 0.15) is 64.7 Å². The van der Waals surface area contributed by atoms with Gasteiger partial charge in [0.15, 0.2) is 0 Å². The number of hydrogen-bond acceptors (Lipinski definition) is 5. The molecule has 6 heteroatoms. The van der Waals surface area contributed by atoms with Gasteiger partial charge in [0.2, 0.25) is 0 Å². The van der Waals surface area contributed by atoms with E-state index in [0.29, 0.717) is 25.7 Å². The summed E-state index contributed by atoms with van der Waals surface area (Å²) in [6, 6.07) is 0. The van der Waals surface area contributed by atoms with Gasteiger partial charge in [0, 0.05) is 24.7 Å². The van der Waals surface area contributed by atoms with Crippen molar-refractivity contribution in [3.63, 3.8) is 0 Å². The molecule has 1 aliphatic rings. The second kappa shape index (κ2) is 13.5. The van der Waals surface area contributed by atoms with E-state index in [1.54, 1.807) is 0 Å². The highest BCUT2D eigenvalue weighted by Crippen LogP contribution is 2.34. The average Bonchev–Trinajstić information content (AvgIpc) is 2.91. The van der Waals surface area contributed by atoms with E-state index in [0.717, 1.165) is 31.4 Å². The Hall–Kier alpha value is -1.66. The highest BCUT2D eigenvalue weighted by Gasteiger charge is 2.38. The number of hydrogen-bond donors (Lipinski definition) is 3. The molecule has 0 heterocycles. The number of carboxylic acids is 1. The summed E-state index contributed by atoms with van der Waals surface area (Å²) in [6.45, 7) is 2.13. The number of carboxylic acid groups (broad SMARTS) is 1. The predicted molar refractivity (Wildman–Crippen MR) is 107 cm³/mol. The number of nitrogens with zero attached hydrogens (tertiary/aromatic N) is 1. The molecule has 154 valence electrons. The third-order valence-corrected chi connectivity index (χ3v) is 4.95. The van der Waals surface area contributed by atoms with E-state index in [4.69, 9.17) is 9.94 Å². The fourth-order valence-corrected chi connectivity index (χ4v) is 3.45. The Morgan fingerprint density at radius 2 is 2.11 bits per heavy atom. The van der Waals surface area contributed by atoms with Gasteiger partial charge >= 0.3 is 5.97 Å². The summed E-state index contributed by atoms with van der Waals surface area (Å²) in [6.07, 6.45) is 13.4. The van der Waals surface area contributed by atoms with E-state index < -0.39 is 18.2 Å². The normalized spacial score (nSPS) is 25.6. The van der Waals surface area contributed by atoms with Gasteiger partial charge in [-0.1, -0.05) is 55.6 Å². The summed E-state index contributed by atoms with van der Waals surface area (Å²) >= 11 is 0. The maximum atomic E-state index is 10.5. The van der Waals surface area contributed by atoms with Gasteiger partial charge in [-0.25, -0.2) is 0 Å². The van der Waals surface area contributed by atoms with Crippen molar-refractivity contribution in [2.24, 2.45) is 17.0 Å². The molecule has 0 bridgehead atoms. The van der Waals surface area contributed by atoms with Crippen LogP contribution in [-0.4, -0.2) is 46.3 Å². The van der Waals surface area contributed by atoms with Crippen molar-refractivity contribution in [1.29, 1.82) is 0 Å². The number of aliphatic hydroxyl groups is 2. The molecule has 1 aliphatic carbocycles. The summed E-state index contributed by atoms with van der Waals surface area (Å²) in [5.41, 5.74) is 0.797. The van der Waals surface area contributed by atoms with Crippen molar-refractivity contribution in [3.05, 3.63) is 24.3 Å². The van der Waals surface area contributed by atoms with Crippen LogP contribution < -0.4 is 0 Å². The van der Waals surface area contributed by atoms with Crippen LogP contribution in [0.2, 0.25) is 0 Å². The number of oxime groups is 1. The van der Waals surface area contributed by atoms with Crippen molar-refractivity contribution in [2.75, 3.05) is 7.11 Å². The van der Waals surface area contributed by atoms with E-state index in [9.17, 15) is 15.0 Å². The first-order chi connectivity index (χ1) is 13.0. The van der Waals surface area contributed by atoms with E-state index in [1.807, 2.05) is 24.3 Å². The molecule has 0 aromatic carbocycles. The summed E-state index contributed by atoms with van der Waals surface area (Å²) in [5, 5.41) is 33.3. The first kappa shape index (κ1) is 23.4. The molecule has 0 aromatic rings. The van der Waals surface area contributed by atoms with Gasteiger partial charge in [0.05, 0.1) is 17.9 Å². The standard InChI is InChI=1S/C21H35NO5/c1-3-4-7-10-16(23)13-14-17-18(20(24)15-19(17)22-27-2)11-8-5-6-9-12-21(25)26/h5,8,13-14,16-18,20,23-24H,3-4,6-7,9-12,15H2,1-2H3,(H,25,26)/b8-5-,14-13+,22-19-/t16-,17+,18+,20-/m0/s1. The zero-order chi connectivity index (χ0) is 20.1. The monoisotopic (exact) mass is 381 g/mol. The lowest BCUT2D eigenvalue weighted by molar-refractivity contribution is -0.137. The summed E-state index contributed by atoms with van der Waals surface area (Å²) in [5.74, 6) is -0.865. The van der Waals surface area contributed by atoms with Gasteiger partial charge in [-0.2, -0.15) is 0 Å². The van der Waals surface area contributed by atoms with Crippen molar-refractivity contribution >= 4 is 11.7 Å². The number of rotatable bonds is 13. The molecule has 0 unspecified atom stereocenters. The van der Waals surface area contributed by atoms with Crippen LogP contribution in [0.15, 0.2) is 29.5 Å². The van der Waals surface area contributed by atoms with Crippen LogP contribution in [0.25, 0.3) is 0 Å². The Morgan fingerprint density at radius 1 is 1.33 bits per heavy atom. The number of aliphatic hydroxyl groups excluding tert-OH is 2. The Kier molecular flexibility index (Phi) is 11.7. The second-order valence-electron chi connectivity index (χ2n) is 7.17. The summed E-state index contributed by atoms with van der Waals surface area (Å²) < 4.78 is 0. The van der Waals surface area contributed by atoms with Gasteiger partial charge < -0.3 is 20.2 Å². The maximum absolute atomic E-state index is 10.5. The third kappa shape index (κ3) is 9.20. The Balaban J connectivity index is 2.65. The van der Waals surface area contributed by atoms with Crippen LogP contribution >= 0.6 is 0 Å². The molecule has 3 N–H and O–H groups in total.